The van der Waals surface area contributed by atoms with E-state index < -0.39 is 0 Å². The van der Waals surface area contributed by atoms with Gasteiger partial charge in [0.05, 0.1) is 4.88 Å². The molecule has 29 heavy (non-hydrogen) atoms. The van der Waals surface area contributed by atoms with Crippen LogP contribution in [0.3, 0.4) is 0 Å². The van der Waals surface area contributed by atoms with E-state index in [9.17, 15) is 9.59 Å². The van der Waals surface area contributed by atoms with Crippen LogP contribution in [-0.2, 0) is 13.0 Å². The summed E-state index contributed by atoms with van der Waals surface area (Å²) < 4.78 is 0. The van der Waals surface area contributed by atoms with Crippen molar-refractivity contribution >= 4 is 34.8 Å². The van der Waals surface area contributed by atoms with Crippen LogP contribution in [0.5, 0.6) is 0 Å². The lowest BCUT2D eigenvalue weighted by Gasteiger charge is -2.34. The Morgan fingerprint density at radius 1 is 1.00 bits per heavy atom. The number of benzene rings is 1. The second kappa shape index (κ2) is 8.86. The minimum atomic E-state index is 0.0124. The minimum Gasteiger partial charge on any atom is -0.335 e. The van der Waals surface area contributed by atoms with E-state index in [4.69, 9.17) is 11.6 Å². The summed E-state index contributed by atoms with van der Waals surface area (Å²) in [7, 11) is 0. The summed E-state index contributed by atoms with van der Waals surface area (Å²) in [4.78, 5) is 34.1. The van der Waals surface area contributed by atoms with Gasteiger partial charge in [-0.25, -0.2) is 0 Å². The topological polar surface area (TPSA) is 43.9 Å². The molecule has 2 aliphatic heterocycles. The van der Waals surface area contributed by atoms with Gasteiger partial charge in [-0.2, -0.15) is 0 Å². The number of piperazine rings is 1. The maximum atomic E-state index is 13.0. The second-order valence-corrected chi connectivity index (χ2v) is 9.25. The van der Waals surface area contributed by atoms with Crippen LogP contribution in [-0.4, -0.2) is 65.8 Å². The average molecular weight is 432 g/mol. The van der Waals surface area contributed by atoms with Crippen LogP contribution in [0.15, 0.2) is 30.3 Å². The summed E-state index contributed by atoms with van der Waals surface area (Å²) in [6.07, 6.45) is 1.95. The van der Waals surface area contributed by atoms with Gasteiger partial charge in [-0.15, -0.1) is 11.3 Å². The molecule has 0 unspecified atom stereocenters. The molecular weight excluding hydrogens is 406 g/mol. The Hall–Kier alpha value is -1.89. The maximum absolute atomic E-state index is 13.0. The van der Waals surface area contributed by atoms with Gasteiger partial charge in [-0.05, 0) is 55.3 Å². The number of hydrogen-bond acceptors (Lipinski definition) is 4. The van der Waals surface area contributed by atoms with Crippen molar-refractivity contribution in [1.29, 1.82) is 0 Å². The van der Waals surface area contributed by atoms with Crippen LogP contribution >= 0.6 is 22.9 Å². The number of amides is 2. The predicted molar refractivity (Wildman–Crippen MR) is 117 cm³/mol. The summed E-state index contributed by atoms with van der Waals surface area (Å²) in [6, 6.07) is 9.02. The first-order valence-corrected chi connectivity index (χ1v) is 11.4. The molecule has 0 bridgehead atoms. The Morgan fingerprint density at radius 2 is 1.72 bits per heavy atom. The first-order valence-electron chi connectivity index (χ1n) is 10.2. The van der Waals surface area contributed by atoms with Gasteiger partial charge in [-0.1, -0.05) is 18.5 Å². The summed E-state index contributed by atoms with van der Waals surface area (Å²) in [5.74, 6) is 0.148. The number of rotatable bonds is 4. The number of nitrogens with zero attached hydrogens (tertiary/aromatic N) is 3. The number of hydrogen-bond donors (Lipinski definition) is 0. The molecule has 7 heteroatoms. The van der Waals surface area contributed by atoms with Gasteiger partial charge in [0, 0.05) is 54.7 Å². The Labute approximate surface area is 180 Å². The van der Waals surface area contributed by atoms with E-state index >= 15 is 0 Å². The molecule has 2 aliphatic rings. The first kappa shape index (κ1) is 20.4. The minimum absolute atomic E-state index is 0.0124. The Balaban J connectivity index is 1.41. The number of carbonyl (C=O) groups excluding carboxylic acids is 2. The highest BCUT2D eigenvalue weighted by atomic mass is 35.5. The summed E-state index contributed by atoms with van der Waals surface area (Å²) in [5.41, 5.74) is 1.76. The lowest BCUT2D eigenvalue weighted by atomic mass is 10.1. The van der Waals surface area contributed by atoms with Gasteiger partial charge in [0.15, 0.2) is 0 Å². The fourth-order valence-corrected chi connectivity index (χ4v) is 5.29. The zero-order valence-electron chi connectivity index (χ0n) is 16.7. The highest BCUT2D eigenvalue weighted by molar-refractivity contribution is 7.14. The molecule has 1 aromatic carbocycles. The fraction of sp³-hybridized carbons (Fsp3) is 0.455. The van der Waals surface area contributed by atoms with E-state index in [2.05, 4.69) is 11.8 Å². The largest absolute Gasteiger partial charge is 0.335 e. The van der Waals surface area contributed by atoms with E-state index in [0.717, 1.165) is 56.0 Å². The third kappa shape index (κ3) is 4.49. The number of halogens is 1. The van der Waals surface area contributed by atoms with Crippen LogP contribution in [0.4, 0.5) is 0 Å². The van der Waals surface area contributed by atoms with Crippen molar-refractivity contribution in [1.82, 2.24) is 14.7 Å². The molecule has 2 aromatic rings. The highest BCUT2D eigenvalue weighted by Crippen LogP contribution is 2.30. The lowest BCUT2D eigenvalue weighted by Crippen LogP contribution is -2.48. The average Bonchev–Trinajstić information content (AvgIpc) is 3.17. The molecule has 5 nitrogen and oxygen atoms in total. The van der Waals surface area contributed by atoms with Crippen molar-refractivity contribution in [2.75, 3.05) is 39.3 Å². The van der Waals surface area contributed by atoms with Crippen molar-refractivity contribution < 1.29 is 9.59 Å². The molecule has 1 aromatic heterocycles. The van der Waals surface area contributed by atoms with Crippen LogP contribution in [0.2, 0.25) is 5.02 Å². The Morgan fingerprint density at radius 3 is 2.41 bits per heavy atom. The Kier molecular flexibility index (Phi) is 6.23. The molecule has 1 saturated heterocycles. The van der Waals surface area contributed by atoms with E-state index in [1.54, 1.807) is 35.6 Å². The molecule has 4 rings (SSSR count). The number of fused-ring (bicyclic) bond motifs is 1. The molecule has 0 aliphatic carbocycles. The van der Waals surface area contributed by atoms with E-state index in [1.807, 2.05) is 15.9 Å². The molecule has 0 N–H and O–H groups in total. The van der Waals surface area contributed by atoms with Crippen LogP contribution < -0.4 is 0 Å². The molecule has 0 radical (unpaired) electrons. The van der Waals surface area contributed by atoms with Crippen LogP contribution in [0, 0.1) is 0 Å². The van der Waals surface area contributed by atoms with Gasteiger partial charge in [-0.3, -0.25) is 14.5 Å². The molecule has 154 valence electrons. The van der Waals surface area contributed by atoms with E-state index in [0.29, 0.717) is 23.7 Å². The number of thiophene rings is 1. The first-order chi connectivity index (χ1) is 14.0. The van der Waals surface area contributed by atoms with Crippen molar-refractivity contribution in [3.63, 3.8) is 0 Å². The SMILES string of the molecule is CCCN1CCN(C(=O)c2cc3c(s2)CCN(C(=O)c2ccc(Cl)cc2)C3)CC1. The highest BCUT2D eigenvalue weighted by Gasteiger charge is 2.28. The normalized spacial score (nSPS) is 17.3. The summed E-state index contributed by atoms with van der Waals surface area (Å²) >= 11 is 7.53. The van der Waals surface area contributed by atoms with Gasteiger partial charge >= 0.3 is 0 Å². The molecule has 0 saturated carbocycles. The van der Waals surface area contributed by atoms with E-state index in [-0.39, 0.29) is 11.8 Å². The molecular formula is C22H26ClN3O2S. The monoisotopic (exact) mass is 431 g/mol. The lowest BCUT2D eigenvalue weighted by molar-refractivity contribution is 0.0642. The van der Waals surface area contributed by atoms with Crippen molar-refractivity contribution in [2.24, 2.45) is 0 Å². The quantitative estimate of drug-likeness (QED) is 0.740. The summed E-state index contributed by atoms with van der Waals surface area (Å²) in [5, 5.41) is 0.624. The smallest absolute Gasteiger partial charge is 0.264 e. The van der Waals surface area contributed by atoms with Crippen molar-refractivity contribution in [3.05, 3.63) is 56.2 Å². The fourth-order valence-electron chi connectivity index (χ4n) is 4.03. The van der Waals surface area contributed by atoms with Crippen molar-refractivity contribution in [3.8, 4) is 0 Å². The zero-order chi connectivity index (χ0) is 20.4. The van der Waals surface area contributed by atoms with Gasteiger partial charge in [0.2, 0.25) is 0 Å². The molecule has 3 heterocycles. The zero-order valence-corrected chi connectivity index (χ0v) is 18.3. The molecule has 0 atom stereocenters. The third-order valence-electron chi connectivity index (χ3n) is 5.66. The molecule has 1 fully saturated rings. The Bertz CT molecular complexity index is 888. The standard InChI is InChI=1S/C22H26ClN3O2S/c1-2-8-24-10-12-25(13-11-24)22(28)20-14-17-15-26(9-7-19(17)29-20)21(27)16-3-5-18(23)6-4-16/h3-6,14H,2,7-13,15H2,1H3. The molecule has 0 spiro atoms. The predicted octanol–water partition coefficient (Wildman–Crippen LogP) is 3.77. The maximum Gasteiger partial charge on any atom is 0.264 e. The van der Waals surface area contributed by atoms with Gasteiger partial charge in [0.25, 0.3) is 11.8 Å². The third-order valence-corrected chi connectivity index (χ3v) is 7.13. The van der Waals surface area contributed by atoms with Crippen molar-refractivity contribution in [2.45, 2.75) is 26.3 Å². The van der Waals surface area contributed by atoms with E-state index in [1.165, 1.54) is 4.88 Å². The second-order valence-electron chi connectivity index (χ2n) is 7.68. The number of carbonyl (C=O) groups is 2. The summed E-state index contributed by atoms with van der Waals surface area (Å²) in [6.45, 7) is 8.03. The van der Waals surface area contributed by atoms with Crippen LogP contribution in [0.25, 0.3) is 0 Å². The molecule has 2 amide bonds. The van der Waals surface area contributed by atoms with Gasteiger partial charge in [0.1, 0.15) is 0 Å². The van der Waals surface area contributed by atoms with Crippen LogP contribution in [0.1, 0.15) is 43.8 Å². The van der Waals surface area contributed by atoms with Gasteiger partial charge < -0.3 is 9.80 Å².